The van der Waals surface area contributed by atoms with E-state index in [1.807, 2.05) is 6.07 Å². The second-order valence-corrected chi connectivity index (χ2v) is 3.90. The van der Waals surface area contributed by atoms with Crippen LogP contribution in [0.1, 0.15) is 11.1 Å². The van der Waals surface area contributed by atoms with Crippen LogP contribution in [0.3, 0.4) is 0 Å². The zero-order chi connectivity index (χ0) is 13.0. The van der Waals surface area contributed by atoms with Gasteiger partial charge in [-0.3, -0.25) is 0 Å². The van der Waals surface area contributed by atoms with Crippen molar-refractivity contribution in [3.63, 3.8) is 0 Å². The van der Waals surface area contributed by atoms with Crippen LogP contribution in [0.25, 0.3) is 0 Å². The van der Waals surface area contributed by atoms with Gasteiger partial charge in [0.1, 0.15) is 11.6 Å². The van der Waals surface area contributed by atoms with Crippen LogP contribution in [-0.2, 0) is 13.2 Å². The molecule has 0 radical (unpaired) electrons. The van der Waals surface area contributed by atoms with Gasteiger partial charge in [0, 0.05) is 23.4 Å². The highest BCUT2D eigenvalue weighted by Gasteiger charge is 2.05. The summed E-state index contributed by atoms with van der Waals surface area (Å²) >= 11 is 0. The first-order chi connectivity index (χ1) is 8.70. The standard InChI is InChI=1S/C14H13F2NO/c15-12-5-6-13(16)11(7-12)8-17-14-4-2-1-3-10(14)9-18/h1-7,17-18H,8-9H2. The summed E-state index contributed by atoms with van der Waals surface area (Å²) in [6.07, 6.45) is 0. The van der Waals surface area contributed by atoms with Crippen LogP contribution in [-0.4, -0.2) is 5.11 Å². The largest absolute Gasteiger partial charge is 0.392 e. The number of hydrogen-bond donors (Lipinski definition) is 2. The van der Waals surface area contributed by atoms with Gasteiger partial charge >= 0.3 is 0 Å². The molecule has 0 bridgehead atoms. The lowest BCUT2D eigenvalue weighted by molar-refractivity contribution is 0.282. The number of aliphatic hydroxyl groups excluding tert-OH is 1. The molecule has 2 aromatic rings. The fourth-order valence-electron chi connectivity index (χ4n) is 1.70. The van der Waals surface area contributed by atoms with Crippen LogP contribution in [0, 0.1) is 11.6 Å². The van der Waals surface area contributed by atoms with Crippen LogP contribution < -0.4 is 5.32 Å². The summed E-state index contributed by atoms with van der Waals surface area (Å²) in [7, 11) is 0. The average Bonchev–Trinajstić information content (AvgIpc) is 2.40. The third-order valence-corrected chi connectivity index (χ3v) is 2.66. The number of anilines is 1. The summed E-state index contributed by atoms with van der Waals surface area (Å²) in [6, 6.07) is 10.5. The van der Waals surface area contributed by atoms with E-state index in [0.29, 0.717) is 11.3 Å². The quantitative estimate of drug-likeness (QED) is 0.872. The Bertz CT molecular complexity index is 543. The maximum Gasteiger partial charge on any atom is 0.128 e. The van der Waals surface area contributed by atoms with E-state index >= 15 is 0 Å². The van der Waals surface area contributed by atoms with E-state index in [4.69, 9.17) is 5.11 Å². The van der Waals surface area contributed by atoms with Gasteiger partial charge in [-0.25, -0.2) is 8.78 Å². The minimum absolute atomic E-state index is 0.102. The summed E-state index contributed by atoms with van der Waals surface area (Å²) in [5.74, 6) is -0.922. The van der Waals surface area contributed by atoms with Crippen molar-refractivity contribution in [2.45, 2.75) is 13.2 Å². The minimum Gasteiger partial charge on any atom is -0.392 e. The van der Waals surface area contributed by atoms with Crippen LogP contribution in [0.5, 0.6) is 0 Å². The Morgan fingerprint density at radius 1 is 1.00 bits per heavy atom. The number of rotatable bonds is 4. The zero-order valence-corrected chi connectivity index (χ0v) is 9.66. The van der Waals surface area contributed by atoms with E-state index in [-0.39, 0.29) is 18.7 Å². The molecule has 0 unspecified atom stereocenters. The van der Waals surface area contributed by atoms with Gasteiger partial charge in [-0.05, 0) is 24.3 Å². The second-order valence-electron chi connectivity index (χ2n) is 3.90. The van der Waals surface area contributed by atoms with Gasteiger partial charge in [0.05, 0.1) is 6.61 Å². The number of hydrogen-bond acceptors (Lipinski definition) is 2. The van der Waals surface area contributed by atoms with Gasteiger partial charge in [-0.15, -0.1) is 0 Å². The first kappa shape index (κ1) is 12.5. The van der Waals surface area contributed by atoms with Crippen LogP contribution >= 0.6 is 0 Å². The van der Waals surface area contributed by atoms with E-state index in [2.05, 4.69) is 5.32 Å². The van der Waals surface area contributed by atoms with E-state index in [1.54, 1.807) is 18.2 Å². The summed E-state index contributed by atoms with van der Waals surface area (Å²) in [5.41, 5.74) is 1.68. The second kappa shape index (κ2) is 5.60. The topological polar surface area (TPSA) is 32.3 Å². The lowest BCUT2D eigenvalue weighted by atomic mass is 10.1. The Kier molecular flexibility index (Phi) is 3.89. The summed E-state index contributed by atoms with van der Waals surface area (Å²) in [5, 5.41) is 12.1. The first-order valence-electron chi connectivity index (χ1n) is 5.57. The summed E-state index contributed by atoms with van der Waals surface area (Å²) in [6.45, 7) is 0.0649. The molecule has 4 heteroatoms. The minimum atomic E-state index is -0.469. The molecule has 0 atom stereocenters. The smallest absolute Gasteiger partial charge is 0.128 e. The number of aliphatic hydroxyl groups is 1. The molecule has 0 aliphatic carbocycles. The molecular formula is C14H13F2NO. The summed E-state index contributed by atoms with van der Waals surface area (Å²) in [4.78, 5) is 0. The van der Waals surface area contributed by atoms with E-state index in [9.17, 15) is 8.78 Å². The third-order valence-electron chi connectivity index (χ3n) is 2.66. The Morgan fingerprint density at radius 3 is 2.56 bits per heavy atom. The van der Waals surface area contributed by atoms with Crippen molar-refractivity contribution < 1.29 is 13.9 Å². The van der Waals surface area contributed by atoms with Crippen LogP contribution in [0.2, 0.25) is 0 Å². The molecule has 0 saturated carbocycles. The molecule has 2 N–H and O–H groups in total. The average molecular weight is 249 g/mol. The van der Waals surface area contributed by atoms with Crippen molar-refractivity contribution >= 4 is 5.69 Å². The number of nitrogens with one attached hydrogen (secondary N) is 1. The highest BCUT2D eigenvalue weighted by molar-refractivity contribution is 5.51. The van der Waals surface area contributed by atoms with Crippen molar-refractivity contribution in [1.29, 1.82) is 0 Å². The molecule has 2 rings (SSSR count). The molecule has 0 heterocycles. The molecule has 2 aromatic carbocycles. The van der Waals surface area contributed by atoms with E-state index in [0.717, 1.165) is 18.2 Å². The highest BCUT2D eigenvalue weighted by atomic mass is 19.1. The Balaban J connectivity index is 2.14. The SMILES string of the molecule is OCc1ccccc1NCc1cc(F)ccc1F. The normalized spacial score (nSPS) is 10.4. The lowest BCUT2D eigenvalue weighted by Gasteiger charge is -2.11. The van der Waals surface area contributed by atoms with E-state index in [1.165, 1.54) is 0 Å². The maximum absolute atomic E-state index is 13.4. The maximum atomic E-state index is 13.4. The van der Waals surface area contributed by atoms with Gasteiger partial charge in [0.25, 0.3) is 0 Å². The van der Waals surface area contributed by atoms with Gasteiger partial charge in [0.2, 0.25) is 0 Å². The number of halogens is 2. The van der Waals surface area contributed by atoms with Crippen molar-refractivity contribution in [3.8, 4) is 0 Å². The van der Waals surface area contributed by atoms with Gasteiger partial charge in [0.15, 0.2) is 0 Å². The third kappa shape index (κ3) is 2.84. The van der Waals surface area contributed by atoms with Crippen molar-refractivity contribution in [3.05, 3.63) is 65.2 Å². The molecule has 2 nitrogen and oxygen atoms in total. The Labute approximate surface area is 104 Å². The van der Waals surface area contributed by atoms with Crippen LogP contribution in [0.15, 0.2) is 42.5 Å². The molecule has 0 aliphatic heterocycles. The van der Waals surface area contributed by atoms with Gasteiger partial charge in [-0.2, -0.15) is 0 Å². The van der Waals surface area contributed by atoms with Crippen molar-refractivity contribution in [1.82, 2.24) is 0 Å². The summed E-state index contributed by atoms with van der Waals surface area (Å²) < 4.78 is 26.4. The fraction of sp³-hybridized carbons (Fsp3) is 0.143. The molecule has 0 spiro atoms. The van der Waals surface area contributed by atoms with Crippen molar-refractivity contribution in [2.24, 2.45) is 0 Å². The number of benzene rings is 2. The molecule has 18 heavy (non-hydrogen) atoms. The van der Waals surface area contributed by atoms with Crippen molar-refractivity contribution in [2.75, 3.05) is 5.32 Å². The molecule has 0 amide bonds. The zero-order valence-electron chi connectivity index (χ0n) is 9.66. The molecule has 0 aliphatic rings. The lowest BCUT2D eigenvalue weighted by Crippen LogP contribution is -2.04. The molecule has 0 aromatic heterocycles. The molecule has 94 valence electrons. The van der Waals surface area contributed by atoms with Gasteiger partial charge in [-0.1, -0.05) is 18.2 Å². The molecule has 0 fully saturated rings. The monoisotopic (exact) mass is 249 g/mol. The number of para-hydroxylation sites is 1. The highest BCUT2D eigenvalue weighted by Crippen LogP contribution is 2.17. The molecule has 0 saturated heterocycles. The Hall–Kier alpha value is -1.94. The molecular weight excluding hydrogens is 236 g/mol. The first-order valence-corrected chi connectivity index (χ1v) is 5.57. The predicted octanol–water partition coefficient (Wildman–Crippen LogP) is 3.07. The van der Waals surface area contributed by atoms with E-state index < -0.39 is 11.6 Å². The fourth-order valence-corrected chi connectivity index (χ4v) is 1.70. The van der Waals surface area contributed by atoms with Gasteiger partial charge < -0.3 is 10.4 Å². The van der Waals surface area contributed by atoms with Crippen LogP contribution in [0.4, 0.5) is 14.5 Å². The Morgan fingerprint density at radius 2 is 1.78 bits per heavy atom. The predicted molar refractivity (Wildman–Crippen MR) is 66.0 cm³/mol.